The molecule has 1 aliphatic carbocycles. The number of hydrogen-bond acceptors (Lipinski definition) is 3. The average molecular weight is 463 g/mol. The SMILES string of the molecule is COC(=O)C1CCN(C(=O)CC(c2ccccc2)c2c[nH]c3cc(F)ccc23)C2CCCCC12. The highest BCUT2D eigenvalue weighted by Gasteiger charge is 2.44. The van der Waals surface area contributed by atoms with Crippen LogP contribution >= 0.6 is 0 Å². The van der Waals surface area contributed by atoms with E-state index in [9.17, 15) is 14.0 Å². The first-order valence-electron chi connectivity index (χ1n) is 12.3. The average Bonchev–Trinajstić information content (AvgIpc) is 3.29. The van der Waals surface area contributed by atoms with Crippen LogP contribution in [0.3, 0.4) is 0 Å². The smallest absolute Gasteiger partial charge is 0.309 e. The molecule has 2 aromatic carbocycles. The Balaban J connectivity index is 1.45. The number of ether oxygens (including phenoxy) is 1. The van der Waals surface area contributed by atoms with Crippen LogP contribution in [0.15, 0.2) is 54.7 Å². The van der Waals surface area contributed by atoms with Crippen LogP contribution in [0.5, 0.6) is 0 Å². The van der Waals surface area contributed by atoms with Crippen LogP contribution in [0.2, 0.25) is 0 Å². The van der Waals surface area contributed by atoms with E-state index in [0.29, 0.717) is 19.4 Å². The van der Waals surface area contributed by atoms with Crippen LogP contribution in [0.25, 0.3) is 10.9 Å². The molecule has 3 aromatic rings. The number of methoxy groups -OCH3 is 1. The van der Waals surface area contributed by atoms with Crippen molar-refractivity contribution in [2.45, 2.75) is 50.5 Å². The van der Waals surface area contributed by atoms with Gasteiger partial charge < -0.3 is 14.6 Å². The molecule has 2 fully saturated rings. The molecule has 1 aliphatic heterocycles. The van der Waals surface area contributed by atoms with Crippen LogP contribution in [-0.4, -0.2) is 41.5 Å². The van der Waals surface area contributed by atoms with Gasteiger partial charge >= 0.3 is 5.97 Å². The van der Waals surface area contributed by atoms with Gasteiger partial charge in [-0.1, -0.05) is 43.2 Å². The fourth-order valence-electron chi connectivity index (χ4n) is 6.20. The van der Waals surface area contributed by atoms with Crippen LogP contribution in [-0.2, 0) is 14.3 Å². The van der Waals surface area contributed by atoms with Crippen LogP contribution in [0, 0.1) is 17.7 Å². The number of esters is 1. The molecule has 0 radical (unpaired) electrons. The zero-order valence-electron chi connectivity index (χ0n) is 19.5. The van der Waals surface area contributed by atoms with E-state index in [1.165, 1.54) is 19.2 Å². The van der Waals surface area contributed by atoms with Crippen molar-refractivity contribution in [3.05, 3.63) is 71.7 Å². The third kappa shape index (κ3) is 4.22. The van der Waals surface area contributed by atoms with Crippen LogP contribution in [0.4, 0.5) is 4.39 Å². The first kappa shape index (κ1) is 22.6. The number of aromatic nitrogens is 1. The highest BCUT2D eigenvalue weighted by atomic mass is 19.1. The molecule has 5 nitrogen and oxygen atoms in total. The van der Waals surface area contributed by atoms with Crippen molar-refractivity contribution in [2.75, 3.05) is 13.7 Å². The second-order valence-corrected chi connectivity index (χ2v) is 9.62. The quantitative estimate of drug-likeness (QED) is 0.516. The van der Waals surface area contributed by atoms with Crippen molar-refractivity contribution >= 4 is 22.8 Å². The van der Waals surface area contributed by atoms with E-state index in [1.54, 1.807) is 6.07 Å². The Morgan fingerprint density at radius 3 is 2.71 bits per heavy atom. The molecule has 0 spiro atoms. The number of halogens is 1. The largest absolute Gasteiger partial charge is 0.469 e. The van der Waals surface area contributed by atoms with Gasteiger partial charge in [0.25, 0.3) is 0 Å². The maximum atomic E-state index is 13.8. The summed E-state index contributed by atoms with van der Waals surface area (Å²) in [6, 6.07) is 14.9. The first-order chi connectivity index (χ1) is 16.6. The van der Waals surface area contributed by atoms with Gasteiger partial charge in [0.15, 0.2) is 0 Å². The van der Waals surface area contributed by atoms with Crippen molar-refractivity contribution in [3.8, 4) is 0 Å². The summed E-state index contributed by atoms with van der Waals surface area (Å²) < 4.78 is 18.9. The van der Waals surface area contributed by atoms with Gasteiger partial charge in [-0.2, -0.15) is 0 Å². The maximum Gasteiger partial charge on any atom is 0.309 e. The maximum absolute atomic E-state index is 13.8. The summed E-state index contributed by atoms with van der Waals surface area (Å²) in [5, 5.41) is 0.933. The highest BCUT2D eigenvalue weighted by molar-refractivity contribution is 5.86. The number of carbonyl (C=O) groups is 2. The van der Waals surface area contributed by atoms with Gasteiger partial charge in [-0.3, -0.25) is 9.59 Å². The van der Waals surface area contributed by atoms with Crippen LogP contribution < -0.4 is 0 Å². The number of nitrogens with one attached hydrogen (secondary N) is 1. The molecule has 1 saturated heterocycles. The summed E-state index contributed by atoms with van der Waals surface area (Å²) in [6.45, 7) is 0.584. The lowest BCUT2D eigenvalue weighted by Gasteiger charge is -2.47. The molecule has 6 heteroatoms. The van der Waals surface area contributed by atoms with E-state index in [0.717, 1.165) is 47.7 Å². The number of benzene rings is 2. The van der Waals surface area contributed by atoms with Gasteiger partial charge in [0.05, 0.1) is 13.0 Å². The molecule has 4 unspecified atom stereocenters. The number of nitrogens with zero attached hydrogens (tertiary/aromatic N) is 1. The van der Waals surface area contributed by atoms with E-state index in [-0.39, 0.29) is 41.5 Å². The molecular formula is C28H31FN2O3. The number of rotatable bonds is 5. The van der Waals surface area contributed by atoms with Crippen molar-refractivity contribution in [3.63, 3.8) is 0 Å². The predicted molar refractivity (Wildman–Crippen MR) is 129 cm³/mol. The molecule has 178 valence electrons. The van der Waals surface area contributed by atoms with E-state index in [4.69, 9.17) is 4.74 Å². The molecule has 34 heavy (non-hydrogen) atoms. The van der Waals surface area contributed by atoms with Crippen molar-refractivity contribution in [1.82, 2.24) is 9.88 Å². The van der Waals surface area contributed by atoms with Gasteiger partial charge in [-0.15, -0.1) is 0 Å². The van der Waals surface area contributed by atoms with E-state index < -0.39 is 0 Å². The second-order valence-electron chi connectivity index (χ2n) is 9.62. The van der Waals surface area contributed by atoms with E-state index >= 15 is 0 Å². The monoisotopic (exact) mass is 462 g/mol. The summed E-state index contributed by atoms with van der Waals surface area (Å²) in [4.78, 5) is 31.4. The fourth-order valence-corrected chi connectivity index (χ4v) is 6.20. The van der Waals surface area contributed by atoms with Gasteiger partial charge in [-0.25, -0.2) is 4.39 Å². The lowest BCUT2D eigenvalue weighted by atomic mass is 9.71. The minimum atomic E-state index is -0.287. The standard InChI is InChI=1S/C28H31FN2O3/c1-34-28(33)22-13-14-31(26-10-6-5-9-21(22)26)27(32)16-23(18-7-3-2-4-8-18)24-17-30-25-15-19(29)11-12-20(24)25/h2-4,7-8,11-12,15,17,21-23,26,30H,5-6,9-10,13-14,16H2,1H3. The number of fused-ring (bicyclic) bond motifs is 2. The van der Waals surface area contributed by atoms with Gasteiger partial charge in [0.1, 0.15) is 5.82 Å². The molecular weight excluding hydrogens is 431 g/mol. The number of aromatic amines is 1. The number of likely N-dealkylation sites (tertiary alicyclic amines) is 1. The van der Waals surface area contributed by atoms with E-state index in [1.807, 2.05) is 41.4 Å². The Bertz CT molecular complexity index is 1170. The van der Waals surface area contributed by atoms with E-state index in [2.05, 4.69) is 4.98 Å². The van der Waals surface area contributed by atoms with Crippen molar-refractivity contribution in [1.29, 1.82) is 0 Å². The molecule has 1 saturated carbocycles. The summed E-state index contributed by atoms with van der Waals surface area (Å²) in [6.07, 6.45) is 6.96. The Hall–Kier alpha value is -3.15. The molecule has 4 atom stereocenters. The highest BCUT2D eigenvalue weighted by Crippen LogP contribution is 2.41. The number of amides is 1. The Morgan fingerprint density at radius 2 is 1.91 bits per heavy atom. The lowest BCUT2D eigenvalue weighted by Crippen LogP contribution is -2.54. The fraction of sp³-hybridized carbons (Fsp3) is 0.429. The predicted octanol–water partition coefficient (Wildman–Crippen LogP) is 5.41. The summed E-state index contributed by atoms with van der Waals surface area (Å²) in [7, 11) is 1.45. The molecule has 2 heterocycles. The number of carbonyl (C=O) groups excluding carboxylic acids is 2. The summed E-state index contributed by atoms with van der Waals surface area (Å²) >= 11 is 0. The minimum absolute atomic E-state index is 0.0904. The molecule has 0 bridgehead atoms. The molecule has 1 N–H and O–H groups in total. The van der Waals surface area contributed by atoms with Gasteiger partial charge in [0.2, 0.25) is 5.91 Å². The minimum Gasteiger partial charge on any atom is -0.469 e. The topological polar surface area (TPSA) is 62.4 Å². The van der Waals surface area contributed by atoms with Crippen molar-refractivity contribution in [2.24, 2.45) is 11.8 Å². The normalized spacial score (nSPS) is 23.4. The van der Waals surface area contributed by atoms with Crippen molar-refractivity contribution < 1.29 is 18.7 Å². The number of H-pyrrole nitrogens is 1. The van der Waals surface area contributed by atoms with Gasteiger partial charge in [-0.05, 0) is 54.5 Å². The Labute approximate surface area is 199 Å². The molecule has 2 aliphatic rings. The van der Waals surface area contributed by atoms with Gasteiger partial charge in [0, 0.05) is 42.0 Å². The first-order valence-corrected chi connectivity index (χ1v) is 12.3. The Kier molecular flexibility index (Phi) is 6.40. The molecule has 1 aromatic heterocycles. The zero-order chi connectivity index (χ0) is 23.7. The zero-order valence-corrected chi connectivity index (χ0v) is 19.5. The summed E-state index contributed by atoms with van der Waals surface area (Å²) in [5.74, 6) is -0.404. The summed E-state index contributed by atoms with van der Waals surface area (Å²) in [5.41, 5.74) is 2.79. The van der Waals surface area contributed by atoms with Crippen LogP contribution in [0.1, 0.15) is 55.6 Å². The second kappa shape index (κ2) is 9.61. The third-order valence-electron chi connectivity index (χ3n) is 7.84. The number of hydrogen-bond donors (Lipinski definition) is 1. The molecule has 5 rings (SSSR count). The number of piperidine rings is 1. The Morgan fingerprint density at radius 1 is 1.12 bits per heavy atom. The molecule has 1 amide bonds. The third-order valence-corrected chi connectivity index (χ3v) is 7.84. The lowest BCUT2D eigenvalue weighted by molar-refractivity contribution is -0.156.